The van der Waals surface area contributed by atoms with Crippen LogP contribution in [0.1, 0.15) is 26.3 Å². The lowest BCUT2D eigenvalue weighted by atomic mass is 10.1. The van der Waals surface area contributed by atoms with Gasteiger partial charge in [0.15, 0.2) is 0 Å². The maximum absolute atomic E-state index is 12.8. The molecular formula is C20H21N3O4S. The van der Waals surface area contributed by atoms with Crippen LogP contribution in [0.3, 0.4) is 0 Å². The minimum atomic E-state index is -3.73. The monoisotopic (exact) mass is 399 g/mol. The maximum atomic E-state index is 12.8. The lowest BCUT2D eigenvalue weighted by Crippen LogP contribution is -2.22. The van der Waals surface area contributed by atoms with Crippen molar-refractivity contribution in [3.63, 3.8) is 0 Å². The molecule has 7 nitrogen and oxygen atoms in total. The van der Waals surface area contributed by atoms with Crippen LogP contribution < -0.4 is 0 Å². The smallest absolute Gasteiger partial charge is 0.331 e. The van der Waals surface area contributed by atoms with E-state index >= 15 is 0 Å². The Morgan fingerprint density at radius 3 is 2.46 bits per heavy atom. The molecule has 2 heterocycles. The minimum Gasteiger partial charge on any atom is -0.457 e. The first kappa shape index (κ1) is 19.6. The molecule has 0 fully saturated rings. The Balaban J connectivity index is 1.77. The van der Waals surface area contributed by atoms with Gasteiger partial charge in [-0.15, -0.1) is 0 Å². The second-order valence-electron chi connectivity index (χ2n) is 7.16. The van der Waals surface area contributed by atoms with Crippen molar-refractivity contribution in [1.82, 2.24) is 14.2 Å². The van der Waals surface area contributed by atoms with Gasteiger partial charge >= 0.3 is 5.97 Å². The Hall–Kier alpha value is -3.13. The van der Waals surface area contributed by atoms with Crippen molar-refractivity contribution in [1.29, 1.82) is 0 Å². The van der Waals surface area contributed by atoms with E-state index in [1.165, 1.54) is 24.5 Å². The highest BCUT2D eigenvalue weighted by atomic mass is 32.2. The number of carbonyl (C=O) groups is 1. The molecule has 0 aliphatic rings. The predicted octanol–water partition coefficient (Wildman–Crippen LogP) is 3.47. The summed E-state index contributed by atoms with van der Waals surface area (Å²) in [5.41, 5.74) is 1.73. The lowest BCUT2D eigenvalue weighted by molar-refractivity contribution is -0.148. The van der Waals surface area contributed by atoms with Crippen molar-refractivity contribution < 1.29 is 17.9 Å². The molecule has 2 aromatic heterocycles. The summed E-state index contributed by atoms with van der Waals surface area (Å²) < 4.78 is 31.9. The summed E-state index contributed by atoms with van der Waals surface area (Å²) in [4.78, 5) is 11.9. The van der Waals surface area contributed by atoms with Gasteiger partial charge in [-0.3, -0.25) is 5.10 Å². The lowest BCUT2D eigenvalue weighted by Gasteiger charge is -2.17. The van der Waals surface area contributed by atoms with E-state index < -0.39 is 21.6 Å². The van der Waals surface area contributed by atoms with Gasteiger partial charge in [-0.2, -0.15) is 5.10 Å². The highest BCUT2D eigenvalue weighted by Crippen LogP contribution is 2.22. The number of nitrogens with zero attached hydrogens (tertiary/aromatic N) is 2. The number of rotatable bonds is 5. The average Bonchev–Trinajstić information content (AvgIpc) is 3.31. The zero-order chi connectivity index (χ0) is 20.4. The number of benzene rings is 1. The van der Waals surface area contributed by atoms with Crippen LogP contribution >= 0.6 is 0 Å². The number of nitrogens with one attached hydrogen (secondary N) is 1. The highest BCUT2D eigenvalue weighted by Gasteiger charge is 2.17. The largest absolute Gasteiger partial charge is 0.457 e. The van der Waals surface area contributed by atoms with Crippen LogP contribution in [-0.4, -0.2) is 34.2 Å². The molecule has 3 rings (SSSR count). The molecule has 0 saturated carbocycles. The summed E-state index contributed by atoms with van der Waals surface area (Å²) in [5, 5.41) is 6.60. The van der Waals surface area contributed by atoms with E-state index in [4.69, 9.17) is 4.74 Å². The first-order chi connectivity index (χ1) is 13.1. The van der Waals surface area contributed by atoms with Gasteiger partial charge in [0.2, 0.25) is 0 Å². The average molecular weight is 399 g/mol. The van der Waals surface area contributed by atoms with Crippen molar-refractivity contribution >= 4 is 22.1 Å². The highest BCUT2D eigenvalue weighted by molar-refractivity contribution is 7.90. The van der Waals surface area contributed by atoms with Gasteiger partial charge in [0.1, 0.15) is 5.60 Å². The van der Waals surface area contributed by atoms with Crippen molar-refractivity contribution in [3.8, 4) is 11.1 Å². The first-order valence-corrected chi connectivity index (χ1v) is 10.0. The van der Waals surface area contributed by atoms with Crippen molar-refractivity contribution in [2.45, 2.75) is 31.3 Å². The summed E-state index contributed by atoms with van der Waals surface area (Å²) in [6.45, 7) is 5.33. The summed E-state index contributed by atoms with van der Waals surface area (Å²) >= 11 is 0. The molecule has 8 heteroatoms. The van der Waals surface area contributed by atoms with E-state index in [1.807, 2.05) is 0 Å². The van der Waals surface area contributed by atoms with Crippen LogP contribution in [0, 0.1) is 0 Å². The van der Waals surface area contributed by atoms with E-state index in [9.17, 15) is 13.2 Å². The van der Waals surface area contributed by atoms with Crippen LogP contribution in [0.4, 0.5) is 0 Å². The van der Waals surface area contributed by atoms with Crippen LogP contribution in [0.15, 0.2) is 66.1 Å². The van der Waals surface area contributed by atoms with Crippen LogP contribution in [0.2, 0.25) is 0 Å². The molecule has 0 amide bonds. The first-order valence-electron chi connectivity index (χ1n) is 8.59. The summed E-state index contributed by atoms with van der Waals surface area (Å²) in [7, 11) is -3.73. The van der Waals surface area contributed by atoms with E-state index in [2.05, 4.69) is 10.2 Å². The number of ether oxygens (including phenoxy) is 1. The van der Waals surface area contributed by atoms with Gasteiger partial charge in [0.05, 0.1) is 11.1 Å². The zero-order valence-corrected chi connectivity index (χ0v) is 16.6. The number of esters is 1. The Labute approximate surface area is 163 Å². The maximum Gasteiger partial charge on any atom is 0.331 e. The van der Waals surface area contributed by atoms with Crippen molar-refractivity contribution in [3.05, 3.63) is 66.8 Å². The third kappa shape index (κ3) is 4.58. The molecule has 0 saturated heterocycles. The number of carbonyl (C=O) groups excluding carboxylic acids is 1. The molecule has 28 heavy (non-hydrogen) atoms. The number of aromatic amines is 1. The van der Waals surface area contributed by atoms with E-state index in [1.54, 1.807) is 63.5 Å². The normalized spacial score (nSPS) is 12.4. The van der Waals surface area contributed by atoms with Gasteiger partial charge in [-0.1, -0.05) is 12.1 Å². The molecule has 1 aromatic carbocycles. The fourth-order valence-electron chi connectivity index (χ4n) is 2.49. The molecular weight excluding hydrogens is 378 g/mol. The molecule has 0 unspecified atom stereocenters. The summed E-state index contributed by atoms with van der Waals surface area (Å²) in [6.07, 6.45) is 9.07. The Bertz CT molecular complexity index is 1090. The van der Waals surface area contributed by atoms with Gasteiger partial charge in [-0.25, -0.2) is 17.2 Å². The topological polar surface area (TPSA) is 94.1 Å². The molecule has 0 bridgehead atoms. The van der Waals surface area contributed by atoms with Gasteiger partial charge in [0.25, 0.3) is 10.0 Å². The molecule has 0 radical (unpaired) electrons. The number of hydrogen-bond acceptors (Lipinski definition) is 5. The van der Waals surface area contributed by atoms with E-state index in [0.717, 1.165) is 15.1 Å². The second kappa shape index (κ2) is 7.47. The van der Waals surface area contributed by atoms with Crippen LogP contribution in [0.25, 0.3) is 17.2 Å². The number of aromatic nitrogens is 3. The second-order valence-corrected chi connectivity index (χ2v) is 9.00. The molecule has 0 aliphatic carbocycles. The zero-order valence-electron chi connectivity index (χ0n) is 15.8. The number of hydrogen-bond donors (Lipinski definition) is 1. The Morgan fingerprint density at radius 2 is 1.86 bits per heavy atom. The Morgan fingerprint density at radius 1 is 1.14 bits per heavy atom. The standard InChI is InChI=1S/C20H21N3O4S/c1-20(2,3)27-19(24)9-4-15-10-11-23(14-15)28(25,26)18-7-5-16(6-8-18)17-12-21-22-13-17/h4-14H,1-3H3,(H,21,22). The molecule has 1 N–H and O–H groups in total. The van der Waals surface area contributed by atoms with Crippen molar-refractivity contribution in [2.75, 3.05) is 0 Å². The minimum absolute atomic E-state index is 0.165. The van der Waals surface area contributed by atoms with Gasteiger partial charge < -0.3 is 4.74 Å². The molecule has 146 valence electrons. The predicted molar refractivity (Wildman–Crippen MR) is 106 cm³/mol. The summed E-state index contributed by atoms with van der Waals surface area (Å²) in [5.74, 6) is -0.488. The fraction of sp³-hybridized carbons (Fsp3) is 0.200. The summed E-state index contributed by atoms with van der Waals surface area (Å²) in [6, 6.07) is 8.16. The van der Waals surface area contributed by atoms with Crippen LogP contribution in [0.5, 0.6) is 0 Å². The quantitative estimate of drug-likeness (QED) is 0.524. The Kier molecular flexibility index (Phi) is 5.24. The molecule has 0 atom stereocenters. The molecule has 0 spiro atoms. The SMILES string of the molecule is CC(C)(C)OC(=O)C=Cc1ccn(S(=O)(=O)c2ccc(-c3cn[nH]c3)cc2)c1. The van der Waals surface area contributed by atoms with E-state index in [-0.39, 0.29) is 4.90 Å². The van der Waals surface area contributed by atoms with Gasteiger partial charge in [0, 0.05) is 30.2 Å². The van der Waals surface area contributed by atoms with E-state index in [0.29, 0.717) is 5.56 Å². The third-order valence-electron chi connectivity index (χ3n) is 3.77. The van der Waals surface area contributed by atoms with Crippen molar-refractivity contribution in [2.24, 2.45) is 0 Å². The third-order valence-corrected chi connectivity index (χ3v) is 5.42. The fourth-order valence-corrected chi connectivity index (χ4v) is 3.70. The molecule has 0 aliphatic heterocycles. The molecule has 3 aromatic rings. The van der Waals surface area contributed by atoms with Crippen LogP contribution in [-0.2, 0) is 19.6 Å². The van der Waals surface area contributed by atoms with Gasteiger partial charge in [-0.05, 0) is 56.2 Å². The number of H-pyrrole nitrogens is 1.